The second kappa shape index (κ2) is 9.27. The highest BCUT2D eigenvalue weighted by molar-refractivity contribution is 5.95. The first-order valence-electron chi connectivity index (χ1n) is 9.61. The Hall–Kier alpha value is -3.01. The van der Waals surface area contributed by atoms with Gasteiger partial charge < -0.3 is 5.32 Å². The molecule has 0 bridgehead atoms. The minimum Gasteiger partial charge on any atom is -0.352 e. The molecule has 0 spiro atoms. The Bertz CT molecular complexity index is 951. The van der Waals surface area contributed by atoms with E-state index in [1.165, 1.54) is 12.1 Å². The molecule has 2 aromatic carbocycles. The molecule has 0 saturated carbocycles. The summed E-state index contributed by atoms with van der Waals surface area (Å²) < 4.78 is 13.1. The minimum atomic E-state index is -0.225. The first kappa shape index (κ1) is 19.7. The fourth-order valence-electron chi connectivity index (χ4n) is 3.22. The smallest absolute Gasteiger partial charge is 0.251 e. The Labute approximate surface area is 165 Å². The molecular formula is C24H25FN2O. The van der Waals surface area contributed by atoms with E-state index >= 15 is 0 Å². The fraction of sp³-hybridized carbons (Fsp3) is 0.250. The molecule has 0 fully saturated rings. The zero-order valence-corrected chi connectivity index (χ0v) is 16.3. The van der Waals surface area contributed by atoms with Gasteiger partial charge >= 0.3 is 0 Å². The standard InChI is InChI=1S/C24H25FN2O/c1-3-12-27-24(28)23-6-4-5-20(17(23)2)16-22-15-19(11-13-26-22)14-18-7-9-21(25)10-8-18/h4-11,13,15H,3,12,14,16H2,1-2H3,(H,27,28). The molecule has 1 aromatic heterocycles. The molecule has 1 heterocycles. The molecule has 0 unspecified atom stereocenters. The van der Waals surface area contributed by atoms with Gasteiger partial charge in [-0.2, -0.15) is 0 Å². The number of rotatable bonds is 7. The Kier molecular flexibility index (Phi) is 6.53. The second-order valence-electron chi connectivity index (χ2n) is 6.98. The lowest BCUT2D eigenvalue weighted by atomic mass is 9.97. The molecule has 3 rings (SSSR count). The zero-order chi connectivity index (χ0) is 19.9. The predicted octanol–water partition coefficient (Wildman–Crippen LogP) is 4.85. The summed E-state index contributed by atoms with van der Waals surface area (Å²) in [5.41, 5.74) is 5.94. The molecule has 3 nitrogen and oxygen atoms in total. The van der Waals surface area contributed by atoms with Crippen LogP contribution < -0.4 is 5.32 Å². The number of amides is 1. The average Bonchev–Trinajstić information content (AvgIpc) is 2.70. The Balaban J connectivity index is 1.77. The van der Waals surface area contributed by atoms with E-state index in [-0.39, 0.29) is 11.7 Å². The van der Waals surface area contributed by atoms with Gasteiger partial charge in [0.25, 0.3) is 5.91 Å². The van der Waals surface area contributed by atoms with Crippen molar-refractivity contribution in [3.63, 3.8) is 0 Å². The van der Waals surface area contributed by atoms with Crippen molar-refractivity contribution in [2.24, 2.45) is 0 Å². The van der Waals surface area contributed by atoms with Crippen LogP contribution in [-0.4, -0.2) is 17.4 Å². The fourth-order valence-corrected chi connectivity index (χ4v) is 3.22. The van der Waals surface area contributed by atoms with Gasteiger partial charge in [0.05, 0.1) is 0 Å². The number of carbonyl (C=O) groups excluding carboxylic acids is 1. The van der Waals surface area contributed by atoms with Gasteiger partial charge in [0.2, 0.25) is 0 Å². The summed E-state index contributed by atoms with van der Waals surface area (Å²) in [6.45, 7) is 4.70. The Morgan fingerprint density at radius 3 is 2.57 bits per heavy atom. The molecule has 1 N–H and O–H groups in total. The van der Waals surface area contributed by atoms with Gasteiger partial charge in [0.1, 0.15) is 5.82 Å². The number of nitrogens with zero attached hydrogens (tertiary/aromatic N) is 1. The maximum absolute atomic E-state index is 13.1. The third-order valence-corrected chi connectivity index (χ3v) is 4.80. The maximum Gasteiger partial charge on any atom is 0.251 e. The van der Waals surface area contributed by atoms with E-state index in [2.05, 4.69) is 16.4 Å². The largest absolute Gasteiger partial charge is 0.352 e. The highest BCUT2D eigenvalue weighted by Gasteiger charge is 2.12. The van der Waals surface area contributed by atoms with Crippen molar-refractivity contribution in [2.45, 2.75) is 33.1 Å². The molecule has 3 aromatic rings. The van der Waals surface area contributed by atoms with E-state index in [0.29, 0.717) is 18.5 Å². The lowest BCUT2D eigenvalue weighted by Gasteiger charge is -2.12. The summed E-state index contributed by atoms with van der Waals surface area (Å²) >= 11 is 0. The van der Waals surface area contributed by atoms with E-state index in [0.717, 1.165) is 40.8 Å². The summed E-state index contributed by atoms with van der Waals surface area (Å²) in [7, 11) is 0. The number of pyridine rings is 1. The summed E-state index contributed by atoms with van der Waals surface area (Å²) in [6.07, 6.45) is 4.11. The van der Waals surface area contributed by atoms with Crippen LogP contribution in [0.3, 0.4) is 0 Å². The van der Waals surface area contributed by atoms with Crippen LogP contribution in [0.4, 0.5) is 4.39 Å². The predicted molar refractivity (Wildman–Crippen MR) is 110 cm³/mol. The van der Waals surface area contributed by atoms with Crippen molar-refractivity contribution < 1.29 is 9.18 Å². The van der Waals surface area contributed by atoms with Crippen LogP contribution in [0, 0.1) is 12.7 Å². The van der Waals surface area contributed by atoms with Gasteiger partial charge in [-0.25, -0.2) is 4.39 Å². The number of benzene rings is 2. The lowest BCUT2D eigenvalue weighted by Crippen LogP contribution is -2.25. The van der Waals surface area contributed by atoms with E-state index in [1.807, 2.05) is 38.1 Å². The average molecular weight is 376 g/mol. The van der Waals surface area contributed by atoms with Crippen molar-refractivity contribution in [3.05, 3.63) is 100 Å². The van der Waals surface area contributed by atoms with Gasteiger partial charge in [0, 0.05) is 30.4 Å². The number of hydrogen-bond donors (Lipinski definition) is 1. The maximum atomic E-state index is 13.1. The van der Waals surface area contributed by atoms with E-state index in [9.17, 15) is 9.18 Å². The van der Waals surface area contributed by atoms with Gasteiger partial charge in [0.15, 0.2) is 0 Å². The summed E-state index contributed by atoms with van der Waals surface area (Å²) in [4.78, 5) is 16.9. The van der Waals surface area contributed by atoms with Crippen LogP contribution in [0.2, 0.25) is 0 Å². The van der Waals surface area contributed by atoms with Crippen molar-refractivity contribution >= 4 is 5.91 Å². The number of carbonyl (C=O) groups is 1. The number of halogens is 1. The quantitative estimate of drug-likeness (QED) is 0.640. The number of aromatic nitrogens is 1. The van der Waals surface area contributed by atoms with Gasteiger partial charge in [-0.1, -0.05) is 31.2 Å². The summed E-state index contributed by atoms with van der Waals surface area (Å²) in [6, 6.07) is 16.5. The zero-order valence-electron chi connectivity index (χ0n) is 16.3. The molecule has 28 heavy (non-hydrogen) atoms. The third kappa shape index (κ3) is 5.03. The highest BCUT2D eigenvalue weighted by atomic mass is 19.1. The molecule has 0 radical (unpaired) electrons. The second-order valence-corrected chi connectivity index (χ2v) is 6.98. The number of hydrogen-bond acceptors (Lipinski definition) is 2. The highest BCUT2D eigenvalue weighted by Crippen LogP contribution is 2.18. The lowest BCUT2D eigenvalue weighted by molar-refractivity contribution is 0.0953. The van der Waals surface area contributed by atoms with Gasteiger partial charge in [-0.3, -0.25) is 9.78 Å². The molecular weight excluding hydrogens is 351 g/mol. The molecule has 0 saturated heterocycles. The van der Waals surface area contributed by atoms with Crippen LogP contribution in [0.1, 0.15) is 51.7 Å². The molecule has 0 atom stereocenters. The number of nitrogens with one attached hydrogen (secondary N) is 1. The SMILES string of the molecule is CCCNC(=O)c1cccc(Cc2cc(Cc3ccc(F)cc3)ccn2)c1C. The first-order valence-corrected chi connectivity index (χ1v) is 9.61. The first-order chi connectivity index (χ1) is 13.6. The topological polar surface area (TPSA) is 42.0 Å². The van der Waals surface area contributed by atoms with Crippen molar-refractivity contribution in [1.82, 2.24) is 10.3 Å². The van der Waals surface area contributed by atoms with Crippen molar-refractivity contribution in [1.29, 1.82) is 0 Å². The van der Waals surface area contributed by atoms with Crippen LogP contribution in [0.25, 0.3) is 0 Å². The van der Waals surface area contributed by atoms with Gasteiger partial charge in [-0.05, 0) is 72.4 Å². The minimum absolute atomic E-state index is 0.0285. The molecule has 0 aliphatic rings. The van der Waals surface area contributed by atoms with E-state index in [4.69, 9.17) is 0 Å². The van der Waals surface area contributed by atoms with Crippen molar-refractivity contribution in [2.75, 3.05) is 6.54 Å². The van der Waals surface area contributed by atoms with Crippen LogP contribution in [0.5, 0.6) is 0 Å². The summed E-state index contributed by atoms with van der Waals surface area (Å²) in [5, 5.41) is 2.94. The van der Waals surface area contributed by atoms with Gasteiger partial charge in [-0.15, -0.1) is 0 Å². The van der Waals surface area contributed by atoms with Crippen LogP contribution in [0.15, 0.2) is 60.8 Å². The molecule has 0 aliphatic carbocycles. The molecule has 144 valence electrons. The summed E-state index contributed by atoms with van der Waals surface area (Å²) in [5.74, 6) is -0.253. The Morgan fingerprint density at radius 1 is 1.04 bits per heavy atom. The Morgan fingerprint density at radius 2 is 1.82 bits per heavy atom. The monoisotopic (exact) mass is 376 g/mol. The molecule has 4 heteroatoms. The van der Waals surface area contributed by atoms with E-state index in [1.54, 1.807) is 18.3 Å². The van der Waals surface area contributed by atoms with Crippen LogP contribution >= 0.6 is 0 Å². The van der Waals surface area contributed by atoms with E-state index < -0.39 is 0 Å². The third-order valence-electron chi connectivity index (χ3n) is 4.80. The molecule has 0 aliphatic heterocycles. The van der Waals surface area contributed by atoms with Crippen molar-refractivity contribution in [3.8, 4) is 0 Å². The normalized spacial score (nSPS) is 10.7. The van der Waals surface area contributed by atoms with Crippen LogP contribution in [-0.2, 0) is 12.8 Å². The molecule has 1 amide bonds.